The molecule has 0 saturated heterocycles. The van der Waals surface area contributed by atoms with Crippen LogP contribution in [0.4, 0.5) is 5.82 Å². The Labute approximate surface area is 130 Å². The largest absolute Gasteiger partial charge is 0.478 e. The van der Waals surface area contributed by atoms with Crippen molar-refractivity contribution < 1.29 is 18.3 Å². The number of nitrogens with one attached hydrogen (secondary N) is 1. The Morgan fingerprint density at radius 1 is 1.19 bits per heavy atom. The molecule has 0 atom stereocenters. The number of aromatic carboxylic acids is 1. The highest BCUT2D eigenvalue weighted by Crippen LogP contribution is 2.29. The van der Waals surface area contributed by atoms with Gasteiger partial charge >= 0.3 is 5.97 Å². The number of benzene rings is 1. The molecule has 0 radical (unpaired) electrons. The normalized spacial score (nSPS) is 11.1. The smallest absolute Gasteiger partial charge is 0.337 e. The minimum atomic E-state index is -4.08. The molecule has 1 heterocycles. The summed E-state index contributed by atoms with van der Waals surface area (Å²) in [7, 11) is -4.08. The zero-order valence-electron chi connectivity index (χ0n) is 10.2. The van der Waals surface area contributed by atoms with Crippen LogP contribution in [0.5, 0.6) is 0 Å². The van der Waals surface area contributed by atoms with Crippen molar-refractivity contribution >= 4 is 45.0 Å². The molecule has 2 rings (SSSR count). The van der Waals surface area contributed by atoms with E-state index < -0.39 is 20.9 Å². The van der Waals surface area contributed by atoms with Gasteiger partial charge in [0.05, 0.1) is 15.6 Å². The summed E-state index contributed by atoms with van der Waals surface area (Å²) in [5, 5.41) is 8.65. The molecular weight excluding hydrogens is 339 g/mol. The monoisotopic (exact) mass is 346 g/mol. The molecule has 0 saturated carbocycles. The summed E-state index contributed by atoms with van der Waals surface area (Å²) in [5.74, 6) is -1.27. The number of nitrogens with zero attached hydrogens (tertiary/aromatic N) is 1. The van der Waals surface area contributed by atoms with E-state index in [-0.39, 0.29) is 21.4 Å². The van der Waals surface area contributed by atoms with Crippen molar-refractivity contribution in [1.29, 1.82) is 0 Å². The van der Waals surface area contributed by atoms with Gasteiger partial charge in [0.15, 0.2) is 0 Å². The number of hydrogen-bond acceptors (Lipinski definition) is 4. The highest BCUT2D eigenvalue weighted by molar-refractivity contribution is 7.92. The molecule has 0 spiro atoms. The number of anilines is 1. The standard InChI is InChI=1S/C12H8Cl2N2O4S/c13-8-6-9(14)10(5-7(8)12(17)18)21(19,20)16-11-3-1-2-4-15-11/h1-6H,(H,15,16)(H,17,18). The molecule has 9 heteroatoms. The molecule has 2 aromatic rings. The van der Waals surface area contributed by atoms with Crippen LogP contribution in [0.15, 0.2) is 41.4 Å². The molecule has 0 amide bonds. The minimum absolute atomic E-state index is 0.0837. The predicted octanol–water partition coefficient (Wildman–Crippen LogP) is 2.89. The molecule has 21 heavy (non-hydrogen) atoms. The Morgan fingerprint density at radius 2 is 1.90 bits per heavy atom. The van der Waals surface area contributed by atoms with Gasteiger partial charge in [-0.2, -0.15) is 0 Å². The second-order valence-corrected chi connectivity index (χ2v) is 6.35. The van der Waals surface area contributed by atoms with Crippen molar-refractivity contribution in [2.45, 2.75) is 4.90 Å². The Hall–Kier alpha value is -1.83. The number of carboxylic acids is 1. The van der Waals surface area contributed by atoms with E-state index in [1.54, 1.807) is 12.1 Å². The molecule has 0 fully saturated rings. The van der Waals surface area contributed by atoms with Crippen molar-refractivity contribution in [3.8, 4) is 0 Å². The zero-order chi connectivity index (χ0) is 15.6. The van der Waals surface area contributed by atoms with Crippen LogP contribution in [-0.2, 0) is 10.0 Å². The number of hydrogen-bond donors (Lipinski definition) is 2. The van der Waals surface area contributed by atoms with Gasteiger partial charge in [0, 0.05) is 6.20 Å². The maximum Gasteiger partial charge on any atom is 0.337 e. The summed E-state index contributed by atoms with van der Waals surface area (Å²) in [4.78, 5) is 14.4. The number of aromatic nitrogens is 1. The Morgan fingerprint density at radius 3 is 2.48 bits per heavy atom. The van der Waals surface area contributed by atoms with E-state index in [1.165, 1.54) is 12.3 Å². The van der Waals surface area contributed by atoms with Crippen LogP contribution in [0.3, 0.4) is 0 Å². The fraction of sp³-hybridized carbons (Fsp3) is 0. The van der Waals surface area contributed by atoms with Gasteiger partial charge in [-0.15, -0.1) is 0 Å². The Kier molecular flexibility index (Phi) is 4.36. The van der Waals surface area contributed by atoms with Crippen molar-refractivity contribution in [3.63, 3.8) is 0 Å². The van der Waals surface area contributed by atoms with Gasteiger partial charge in [0.2, 0.25) is 0 Å². The first-order chi connectivity index (χ1) is 9.81. The highest BCUT2D eigenvalue weighted by Gasteiger charge is 2.22. The van der Waals surface area contributed by atoms with Gasteiger partial charge < -0.3 is 5.11 Å². The van der Waals surface area contributed by atoms with Crippen LogP contribution in [0, 0.1) is 0 Å². The molecule has 1 aromatic carbocycles. The van der Waals surface area contributed by atoms with Crippen molar-refractivity contribution in [1.82, 2.24) is 4.98 Å². The van der Waals surface area contributed by atoms with Crippen LogP contribution in [0.25, 0.3) is 0 Å². The van der Waals surface area contributed by atoms with Gasteiger partial charge in [-0.1, -0.05) is 29.3 Å². The molecular formula is C12H8Cl2N2O4S. The van der Waals surface area contributed by atoms with Crippen molar-refractivity contribution in [3.05, 3.63) is 52.1 Å². The van der Waals surface area contributed by atoms with E-state index in [2.05, 4.69) is 9.71 Å². The maximum absolute atomic E-state index is 12.2. The lowest BCUT2D eigenvalue weighted by Crippen LogP contribution is -2.15. The van der Waals surface area contributed by atoms with E-state index in [0.717, 1.165) is 12.1 Å². The van der Waals surface area contributed by atoms with Crippen molar-refractivity contribution in [2.24, 2.45) is 0 Å². The summed E-state index contributed by atoms with van der Waals surface area (Å²) in [6.07, 6.45) is 1.41. The fourth-order valence-corrected chi connectivity index (χ4v) is 3.38. The van der Waals surface area contributed by atoms with Gasteiger partial charge in [0.1, 0.15) is 10.7 Å². The van der Waals surface area contributed by atoms with E-state index in [1.807, 2.05) is 0 Å². The summed E-state index contributed by atoms with van der Waals surface area (Å²) in [6.45, 7) is 0. The Bertz CT molecular complexity index is 794. The maximum atomic E-state index is 12.2. The number of carbonyl (C=O) groups is 1. The molecule has 0 unspecified atom stereocenters. The van der Waals surface area contributed by atoms with Crippen LogP contribution < -0.4 is 4.72 Å². The van der Waals surface area contributed by atoms with Crippen LogP contribution in [0.1, 0.15) is 10.4 Å². The number of halogens is 2. The number of sulfonamides is 1. The van der Waals surface area contributed by atoms with E-state index in [0.29, 0.717) is 0 Å². The third-order valence-electron chi connectivity index (χ3n) is 2.45. The first-order valence-electron chi connectivity index (χ1n) is 5.47. The molecule has 6 nitrogen and oxygen atoms in total. The first-order valence-corrected chi connectivity index (χ1v) is 7.71. The molecule has 110 valence electrons. The van der Waals surface area contributed by atoms with Gasteiger partial charge in [-0.25, -0.2) is 18.2 Å². The van der Waals surface area contributed by atoms with Crippen molar-refractivity contribution in [2.75, 3.05) is 4.72 Å². The molecule has 0 aliphatic rings. The molecule has 0 aliphatic carbocycles. The van der Waals surface area contributed by atoms with Gasteiger partial charge in [-0.05, 0) is 24.3 Å². The molecule has 1 aromatic heterocycles. The second-order valence-electron chi connectivity index (χ2n) is 3.89. The average molecular weight is 347 g/mol. The summed E-state index contributed by atoms with van der Waals surface area (Å²) < 4.78 is 26.7. The highest BCUT2D eigenvalue weighted by atomic mass is 35.5. The minimum Gasteiger partial charge on any atom is -0.478 e. The fourth-order valence-electron chi connectivity index (χ4n) is 1.51. The molecule has 0 aliphatic heterocycles. The summed E-state index contributed by atoms with van der Waals surface area (Å²) in [5.41, 5.74) is -0.359. The number of pyridine rings is 1. The molecule has 2 N–H and O–H groups in total. The van der Waals surface area contributed by atoms with Gasteiger partial charge in [-0.3, -0.25) is 4.72 Å². The lowest BCUT2D eigenvalue weighted by atomic mass is 10.2. The van der Waals surface area contributed by atoms with Gasteiger partial charge in [0.25, 0.3) is 10.0 Å². The number of rotatable bonds is 4. The lowest BCUT2D eigenvalue weighted by molar-refractivity contribution is 0.0697. The quantitative estimate of drug-likeness (QED) is 0.887. The topological polar surface area (TPSA) is 96.4 Å². The van der Waals surface area contributed by atoms with E-state index in [4.69, 9.17) is 28.3 Å². The predicted molar refractivity (Wildman–Crippen MR) is 78.5 cm³/mol. The summed E-state index contributed by atoms with van der Waals surface area (Å²) >= 11 is 11.6. The van der Waals surface area contributed by atoms with E-state index >= 15 is 0 Å². The first kappa shape index (κ1) is 15.6. The van der Waals surface area contributed by atoms with Crippen LogP contribution >= 0.6 is 23.2 Å². The second kappa shape index (κ2) is 5.88. The summed E-state index contributed by atoms with van der Waals surface area (Å²) in [6, 6.07) is 6.63. The molecule has 0 bridgehead atoms. The van der Waals surface area contributed by atoms with E-state index in [9.17, 15) is 13.2 Å². The Balaban J connectivity index is 2.50. The lowest BCUT2D eigenvalue weighted by Gasteiger charge is -2.10. The van der Waals surface area contributed by atoms with Crippen LogP contribution in [-0.4, -0.2) is 24.5 Å². The zero-order valence-corrected chi connectivity index (χ0v) is 12.6. The third-order valence-corrected chi connectivity index (χ3v) is 4.58. The number of carboxylic acid groups (broad SMARTS) is 1. The van der Waals surface area contributed by atoms with Crippen LogP contribution in [0.2, 0.25) is 10.0 Å². The third kappa shape index (κ3) is 3.44. The average Bonchev–Trinajstić information content (AvgIpc) is 2.38. The SMILES string of the molecule is O=C(O)c1cc(S(=O)(=O)Nc2ccccn2)c(Cl)cc1Cl.